The molecule has 2 aliphatic heterocycles. The molecular formula is C19H24F3N5O2. The van der Waals surface area contributed by atoms with Gasteiger partial charge < -0.3 is 25.2 Å². The van der Waals surface area contributed by atoms with Gasteiger partial charge in [-0.3, -0.25) is 4.79 Å². The van der Waals surface area contributed by atoms with E-state index in [1.54, 1.807) is 9.80 Å². The summed E-state index contributed by atoms with van der Waals surface area (Å²) in [5.41, 5.74) is 6.34. The van der Waals surface area contributed by atoms with Crippen LogP contribution in [-0.2, 0) is 11.3 Å². The lowest BCUT2D eigenvalue weighted by Crippen LogP contribution is -2.50. The van der Waals surface area contributed by atoms with E-state index in [4.69, 9.17) is 5.73 Å². The van der Waals surface area contributed by atoms with E-state index >= 15 is 0 Å². The van der Waals surface area contributed by atoms with Gasteiger partial charge in [-0.15, -0.1) is 0 Å². The van der Waals surface area contributed by atoms with Gasteiger partial charge in [0.05, 0.1) is 23.2 Å². The van der Waals surface area contributed by atoms with Crippen molar-refractivity contribution in [2.24, 2.45) is 5.73 Å². The third-order valence-corrected chi connectivity index (χ3v) is 5.67. The molecule has 10 heteroatoms. The number of halogens is 3. The molecule has 0 radical (unpaired) electrons. The zero-order valence-corrected chi connectivity index (χ0v) is 15.9. The monoisotopic (exact) mass is 411 g/mol. The van der Waals surface area contributed by atoms with Crippen LogP contribution in [0, 0.1) is 11.6 Å². The van der Waals surface area contributed by atoms with Crippen LogP contribution in [0.3, 0.4) is 0 Å². The molecule has 0 saturated carbocycles. The summed E-state index contributed by atoms with van der Waals surface area (Å²) in [5.74, 6) is -1.99. The molecule has 158 valence electrons. The topological polar surface area (TPSA) is 87.6 Å². The van der Waals surface area contributed by atoms with Crippen LogP contribution < -0.4 is 10.6 Å². The maximum Gasteiger partial charge on any atom is 0.242 e. The number of nitrogens with two attached hydrogens (primary N) is 1. The van der Waals surface area contributed by atoms with Gasteiger partial charge in [0.1, 0.15) is 12.7 Å². The molecule has 2 aromatic rings. The first-order valence-electron chi connectivity index (χ1n) is 9.79. The predicted molar refractivity (Wildman–Crippen MR) is 101 cm³/mol. The standard InChI is InChI=1S/C19H24F3N5O2/c20-12-3-5-26(9-15(12)23)19-24-16-6-13(21)14(22)7-17(16)27(19)10-18(29)25-4-1-2-11(28)8-25/h6-7,11-12,15,28H,1-5,8-10,23H2/t11?,12-,15-/m1/s1. The number of likely N-dealkylation sites (tertiary alicyclic amines) is 1. The molecule has 2 fully saturated rings. The third-order valence-electron chi connectivity index (χ3n) is 5.67. The number of piperidine rings is 2. The molecule has 3 heterocycles. The Bertz CT molecular complexity index is 921. The SMILES string of the molecule is N[C@@H]1CN(c2nc3cc(F)c(F)cc3n2CC(=O)N2CCCC(O)C2)CC[C@H]1F. The van der Waals surface area contributed by atoms with Crippen LogP contribution in [0.4, 0.5) is 19.1 Å². The van der Waals surface area contributed by atoms with Crippen LogP contribution in [0.2, 0.25) is 0 Å². The summed E-state index contributed by atoms with van der Waals surface area (Å²) < 4.78 is 43.0. The molecule has 3 atom stereocenters. The number of β-amino-alcohol motifs (C(OH)–C–C–N with tert-alkyl or cyclic N) is 1. The van der Waals surface area contributed by atoms with Gasteiger partial charge in [0, 0.05) is 38.3 Å². The molecule has 1 amide bonds. The number of carbonyl (C=O) groups is 1. The van der Waals surface area contributed by atoms with Crippen molar-refractivity contribution >= 4 is 22.9 Å². The molecule has 4 rings (SSSR count). The van der Waals surface area contributed by atoms with E-state index in [2.05, 4.69) is 4.98 Å². The average Bonchev–Trinajstić information content (AvgIpc) is 3.01. The Kier molecular flexibility index (Phi) is 5.39. The molecule has 1 aromatic heterocycles. The summed E-state index contributed by atoms with van der Waals surface area (Å²) in [5, 5.41) is 9.84. The van der Waals surface area contributed by atoms with Crippen molar-refractivity contribution in [2.45, 2.75) is 44.1 Å². The number of aromatic nitrogens is 2. The number of aliphatic hydroxyl groups is 1. The van der Waals surface area contributed by atoms with E-state index in [1.165, 1.54) is 4.57 Å². The molecule has 0 aliphatic carbocycles. The van der Waals surface area contributed by atoms with Crippen molar-refractivity contribution in [1.82, 2.24) is 14.5 Å². The highest BCUT2D eigenvalue weighted by Crippen LogP contribution is 2.28. The second kappa shape index (κ2) is 7.83. The normalized spacial score (nSPS) is 25.6. The largest absolute Gasteiger partial charge is 0.391 e. The number of alkyl halides is 1. The van der Waals surface area contributed by atoms with Crippen LogP contribution in [0.1, 0.15) is 19.3 Å². The van der Waals surface area contributed by atoms with E-state index in [0.717, 1.165) is 12.1 Å². The first-order valence-corrected chi connectivity index (χ1v) is 9.79. The Labute approximate surface area is 165 Å². The van der Waals surface area contributed by atoms with Crippen molar-refractivity contribution in [1.29, 1.82) is 0 Å². The molecule has 29 heavy (non-hydrogen) atoms. The molecule has 0 bridgehead atoms. The summed E-state index contributed by atoms with van der Waals surface area (Å²) in [6.45, 7) is 1.14. The van der Waals surface area contributed by atoms with E-state index in [0.29, 0.717) is 31.9 Å². The van der Waals surface area contributed by atoms with Gasteiger partial charge in [-0.1, -0.05) is 0 Å². The Hall–Kier alpha value is -2.33. The van der Waals surface area contributed by atoms with Crippen LogP contribution in [-0.4, -0.2) is 70.0 Å². The number of carbonyl (C=O) groups excluding carboxylic acids is 1. The number of hydrogen-bond acceptors (Lipinski definition) is 5. The highest BCUT2D eigenvalue weighted by molar-refractivity contribution is 5.83. The second-order valence-corrected chi connectivity index (χ2v) is 7.80. The van der Waals surface area contributed by atoms with Crippen molar-refractivity contribution in [3.05, 3.63) is 23.8 Å². The van der Waals surface area contributed by atoms with Gasteiger partial charge in [0.2, 0.25) is 11.9 Å². The quantitative estimate of drug-likeness (QED) is 0.792. The minimum absolute atomic E-state index is 0.144. The molecule has 2 aliphatic rings. The summed E-state index contributed by atoms with van der Waals surface area (Å²) in [6, 6.07) is 1.29. The summed E-state index contributed by atoms with van der Waals surface area (Å²) in [7, 11) is 0. The predicted octanol–water partition coefficient (Wildman–Crippen LogP) is 1.17. The van der Waals surface area contributed by atoms with Gasteiger partial charge in [0.25, 0.3) is 0 Å². The van der Waals surface area contributed by atoms with Crippen LogP contribution in [0.25, 0.3) is 11.0 Å². The zero-order valence-electron chi connectivity index (χ0n) is 15.9. The zero-order chi connectivity index (χ0) is 20.7. The van der Waals surface area contributed by atoms with Crippen molar-refractivity contribution < 1.29 is 23.1 Å². The number of hydrogen-bond donors (Lipinski definition) is 2. The number of rotatable bonds is 3. The first kappa shape index (κ1) is 20.0. The number of benzene rings is 1. The highest BCUT2D eigenvalue weighted by Gasteiger charge is 2.31. The van der Waals surface area contributed by atoms with E-state index in [9.17, 15) is 23.1 Å². The molecule has 3 N–H and O–H groups in total. The fourth-order valence-electron chi connectivity index (χ4n) is 4.06. The average molecular weight is 411 g/mol. The Morgan fingerprint density at radius 3 is 2.69 bits per heavy atom. The van der Waals surface area contributed by atoms with Crippen LogP contribution >= 0.6 is 0 Å². The minimum Gasteiger partial charge on any atom is -0.391 e. The number of anilines is 1. The van der Waals surface area contributed by atoms with E-state index in [-0.39, 0.29) is 43.0 Å². The van der Waals surface area contributed by atoms with Gasteiger partial charge in [-0.25, -0.2) is 18.2 Å². The lowest BCUT2D eigenvalue weighted by Gasteiger charge is -2.34. The lowest BCUT2D eigenvalue weighted by molar-refractivity contribution is -0.134. The van der Waals surface area contributed by atoms with Gasteiger partial charge >= 0.3 is 0 Å². The fraction of sp³-hybridized carbons (Fsp3) is 0.579. The first-order chi connectivity index (χ1) is 13.8. The number of nitrogens with zero attached hydrogens (tertiary/aromatic N) is 4. The minimum atomic E-state index is -1.13. The highest BCUT2D eigenvalue weighted by atomic mass is 19.2. The number of aliphatic hydroxyl groups excluding tert-OH is 1. The van der Waals surface area contributed by atoms with Gasteiger partial charge in [0.15, 0.2) is 11.6 Å². The van der Waals surface area contributed by atoms with Gasteiger partial charge in [-0.05, 0) is 19.3 Å². The third kappa shape index (κ3) is 3.91. The van der Waals surface area contributed by atoms with E-state index in [1.807, 2.05) is 0 Å². The Morgan fingerprint density at radius 1 is 1.21 bits per heavy atom. The Morgan fingerprint density at radius 2 is 1.97 bits per heavy atom. The van der Waals surface area contributed by atoms with Crippen LogP contribution in [0.15, 0.2) is 12.1 Å². The molecule has 1 unspecified atom stereocenters. The summed E-state index contributed by atoms with van der Waals surface area (Å²) >= 11 is 0. The van der Waals surface area contributed by atoms with Crippen molar-refractivity contribution in [2.75, 3.05) is 31.1 Å². The lowest BCUT2D eigenvalue weighted by atomic mass is 10.1. The number of imidazole rings is 1. The molecule has 2 saturated heterocycles. The Balaban J connectivity index is 1.70. The summed E-state index contributed by atoms with van der Waals surface area (Å²) in [4.78, 5) is 20.6. The number of amides is 1. The van der Waals surface area contributed by atoms with Crippen LogP contribution in [0.5, 0.6) is 0 Å². The fourth-order valence-corrected chi connectivity index (χ4v) is 4.06. The maximum atomic E-state index is 13.9. The molecule has 0 spiro atoms. The maximum absolute atomic E-state index is 13.9. The molecule has 1 aromatic carbocycles. The van der Waals surface area contributed by atoms with Gasteiger partial charge in [-0.2, -0.15) is 0 Å². The molecule has 7 nitrogen and oxygen atoms in total. The number of fused-ring (bicyclic) bond motifs is 1. The summed E-state index contributed by atoms with van der Waals surface area (Å²) in [6.07, 6.45) is -0.151. The second-order valence-electron chi connectivity index (χ2n) is 7.80. The molecular weight excluding hydrogens is 387 g/mol. The smallest absolute Gasteiger partial charge is 0.242 e. The van der Waals surface area contributed by atoms with E-state index < -0.39 is 30.0 Å². The van der Waals surface area contributed by atoms with Crippen molar-refractivity contribution in [3.8, 4) is 0 Å². The van der Waals surface area contributed by atoms with Crippen molar-refractivity contribution in [3.63, 3.8) is 0 Å².